The van der Waals surface area contributed by atoms with Crippen molar-refractivity contribution in [1.82, 2.24) is 15.3 Å². The van der Waals surface area contributed by atoms with Crippen molar-refractivity contribution in [3.63, 3.8) is 0 Å². The predicted octanol–water partition coefficient (Wildman–Crippen LogP) is 2.44. The van der Waals surface area contributed by atoms with E-state index in [1.54, 1.807) is 6.07 Å². The largest absolute Gasteiger partial charge is 0.493 e. The van der Waals surface area contributed by atoms with Crippen LogP contribution in [-0.2, 0) is 11.8 Å². The molecule has 1 aliphatic heterocycles. The number of carbonyl (C=O) groups is 1. The first-order valence-electron chi connectivity index (χ1n) is 8.93. The van der Waals surface area contributed by atoms with Gasteiger partial charge < -0.3 is 15.0 Å². The Morgan fingerprint density at radius 3 is 2.88 bits per heavy atom. The molecule has 0 aliphatic carbocycles. The highest BCUT2D eigenvalue weighted by molar-refractivity contribution is 5.92. The summed E-state index contributed by atoms with van der Waals surface area (Å²) in [4.78, 5) is 30.8. The molecule has 1 aliphatic rings. The molecule has 3 rings (SSSR count). The zero-order valence-corrected chi connectivity index (χ0v) is 15.5. The average molecular weight is 355 g/mol. The number of aromatic nitrogens is 2. The normalized spacial score (nSPS) is 17.0. The SMILES string of the molecule is CC(C)(C)c1cc(C(=O)NC[C@H]2CCOc3ccccc3C2)nc(=O)[nH]1. The summed E-state index contributed by atoms with van der Waals surface area (Å²) in [6.45, 7) is 7.08. The monoisotopic (exact) mass is 355 g/mol. The Kier molecular flexibility index (Phi) is 5.11. The first-order valence-corrected chi connectivity index (χ1v) is 8.93. The molecule has 0 saturated carbocycles. The van der Waals surface area contributed by atoms with Crippen LogP contribution in [-0.4, -0.2) is 29.0 Å². The van der Waals surface area contributed by atoms with Gasteiger partial charge in [-0.2, -0.15) is 4.98 Å². The fraction of sp³-hybridized carbons (Fsp3) is 0.450. The van der Waals surface area contributed by atoms with Crippen LogP contribution < -0.4 is 15.7 Å². The highest BCUT2D eigenvalue weighted by Crippen LogP contribution is 2.26. The first-order chi connectivity index (χ1) is 12.3. The van der Waals surface area contributed by atoms with Crippen LogP contribution >= 0.6 is 0 Å². The van der Waals surface area contributed by atoms with Crippen molar-refractivity contribution in [2.45, 2.75) is 39.0 Å². The molecule has 0 spiro atoms. The number of ether oxygens (including phenoxy) is 1. The third kappa shape index (κ3) is 4.31. The Morgan fingerprint density at radius 2 is 2.12 bits per heavy atom. The van der Waals surface area contributed by atoms with E-state index in [0.717, 1.165) is 24.2 Å². The highest BCUT2D eigenvalue weighted by atomic mass is 16.5. The molecule has 138 valence electrons. The van der Waals surface area contributed by atoms with Crippen molar-refractivity contribution in [3.8, 4) is 5.75 Å². The van der Waals surface area contributed by atoms with Gasteiger partial charge in [-0.3, -0.25) is 4.79 Å². The number of benzene rings is 1. The van der Waals surface area contributed by atoms with E-state index in [9.17, 15) is 9.59 Å². The smallest absolute Gasteiger partial charge is 0.345 e. The van der Waals surface area contributed by atoms with Crippen molar-refractivity contribution < 1.29 is 9.53 Å². The van der Waals surface area contributed by atoms with Crippen molar-refractivity contribution in [2.24, 2.45) is 5.92 Å². The number of fused-ring (bicyclic) bond motifs is 1. The van der Waals surface area contributed by atoms with E-state index in [-0.39, 0.29) is 22.9 Å². The number of rotatable bonds is 3. The summed E-state index contributed by atoms with van der Waals surface area (Å²) < 4.78 is 5.77. The van der Waals surface area contributed by atoms with Crippen LogP contribution in [0.2, 0.25) is 0 Å². The molecule has 0 bridgehead atoms. The zero-order chi connectivity index (χ0) is 18.7. The summed E-state index contributed by atoms with van der Waals surface area (Å²) >= 11 is 0. The van der Waals surface area contributed by atoms with Crippen molar-refractivity contribution in [2.75, 3.05) is 13.2 Å². The second-order valence-corrected chi connectivity index (χ2v) is 7.76. The van der Waals surface area contributed by atoms with Gasteiger partial charge in [0, 0.05) is 17.7 Å². The fourth-order valence-corrected chi connectivity index (χ4v) is 3.04. The van der Waals surface area contributed by atoms with Gasteiger partial charge in [-0.25, -0.2) is 4.79 Å². The summed E-state index contributed by atoms with van der Waals surface area (Å²) in [5.41, 5.74) is 1.25. The molecular weight excluding hydrogens is 330 g/mol. The lowest BCUT2D eigenvalue weighted by atomic mass is 9.91. The zero-order valence-electron chi connectivity index (χ0n) is 15.5. The van der Waals surface area contributed by atoms with Crippen LogP contribution in [0, 0.1) is 5.92 Å². The van der Waals surface area contributed by atoms with Crippen molar-refractivity contribution in [1.29, 1.82) is 0 Å². The van der Waals surface area contributed by atoms with Gasteiger partial charge in [0.15, 0.2) is 0 Å². The second kappa shape index (κ2) is 7.32. The van der Waals surface area contributed by atoms with E-state index in [2.05, 4.69) is 21.4 Å². The Labute approximate surface area is 153 Å². The Hall–Kier alpha value is -2.63. The highest BCUT2D eigenvalue weighted by Gasteiger charge is 2.21. The molecule has 0 radical (unpaired) electrons. The van der Waals surface area contributed by atoms with E-state index in [4.69, 9.17) is 4.74 Å². The van der Waals surface area contributed by atoms with Gasteiger partial charge in [-0.1, -0.05) is 39.0 Å². The van der Waals surface area contributed by atoms with E-state index in [1.165, 1.54) is 0 Å². The Balaban J connectivity index is 1.68. The number of carbonyl (C=O) groups excluding carboxylic acids is 1. The Bertz CT molecular complexity index is 852. The number of nitrogens with zero attached hydrogens (tertiary/aromatic N) is 1. The predicted molar refractivity (Wildman–Crippen MR) is 99.6 cm³/mol. The number of para-hydroxylation sites is 1. The number of amides is 1. The van der Waals surface area contributed by atoms with Crippen LogP contribution in [0.5, 0.6) is 5.75 Å². The molecular formula is C20H25N3O3. The number of aromatic amines is 1. The minimum Gasteiger partial charge on any atom is -0.493 e. The van der Waals surface area contributed by atoms with Crippen LogP contribution in [0.1, 0.15) is 48.9 Å². The summed E-state index contributed by atoms with van der Waals surface area (Å²) in [5, 5.41) is 2.92. The number of hydrogen-bond donors (Lipinski definition) is 2. The number of H-pyrrole nitrogens is 1. The molecule has 1 aromatic heterocycles. The lowest BCUT2D eigenvalue weighted by Gasteiger charge is -2.19. The average Bonchev–Trinajstić information content (AvgIpc) is 2.80. The maximum atomic E-state index is 12.5. The van der Waals surface area contributed by atoms with Gasteiger partial charge in [0.2, 0.25) is 0 Å². The quantitative estimate of drug-likeness (QED) is 0.886. The summed E-state index contributed by atoms with van der Waals surface area (Å²) in [6, 6.07) is 9.65. The van der Waals surface area contributed by atoms with Crippen LogP contribution in [0.4, 0.5) is 0 Å². The third-order valence-corrected chi connectivity index (χ3v) is 4.60. The molecule has 2 N–H and O–H groups in total. The van der Waals surface area contributed by atoms with Gasteiger partial charge in [0.1, 0.15) is 11.4 Å². The van der Waals surface area contributed by atoms with Gasteiger partial charge in [-0.05, 0) is 36.5 Å². The molecule has 2 heterocycles. The summed E-state index contributed by atoms with van der Waals surface area (Å²) in [7, 11) is 0. The number of nitrogens with one attached hydrogen (secondary N) is 2. The molecule has 0 fully saturated rings. The van der Waals surface area contributed by atoms with Crippen LogP contribution in [0.3, 0.4) is 0 Å². The molecule has 26 heavy (non-hydrogen) atoms. The standard InChI is InChI=1S/C20H25N3O3/c1-20(2,3)17-11-15(22-19(25)23-17)18(24)21-12-13-8-9-26-16-7-5-4-6-14(16)10-13/h4-7,11,13H,8-10,12H2,1-3H3,(H,21,24)(H,22,23,25)/t13-/m0/s1. The molecule has 2 aromatic rings. The van der Waals surface area contributed by atoms with E-state index in [0.29, 0.717) is 18.8 Å². The molecule has 6 heteroatoms. The Morgan fingerprint density at radius 1 is 1.35 bits per heavy atom. The fourth-order valence-electron chi connectivity index (χ4n) is 3.04. The minimum atomic E-state index is -0.501. The maximum absolute atomic E-state index is 12.5. The van der Waals surface area contributed by atoms with Crippen molar-refractivity contribution in [3.05, 3.63) is 57.8 Å². The second-order valence-electron chi connectivity index (χ2n) is 7.76. The van der Waals surface area contributed by atoms with Gasteiger partial charge in [0.05, 0.1) is 6.61 Å². The van der Waals surface area contributed by atoms with Gasteiger partial charge in [0.25, 0.3) is 5.91 Å². The van der Waals surface area contributed by atoms with Crippen LogP contribution in [0.15, 0.2) is 35.1 Å². The topological polar surface area (TPSA) is 84.1 Å². The lowest BCUT2D eigenvalue weighted by molar-refractivity contribution is 0.0939. The maximum Gasteiger partial charge on any atom is 0.345 e. The summed E-state index contributed by atoms with van der Waals surface area (Å²) in [6.07, 6.45) is 1.72. The summed E-state index contributed by atoms with van der Waals surface area (Å²) in [5.74, 6) is 0.888. The van der Waals surface area contributed by atoms with Crippen molar-refractivity contribution >= 4 is 5.91 Å². The molecule has 0 saturated heterocycles. The van der Waals surface area contributed by atoms with Crippen LogP contribution in [0.25, 0.3) is 0 Å². The lowest BCUT2D eigenvalue weighted by Crippen LogP contribution is -2.33. The molecule has 1 amide bonds. The van der Waals surface area contributed by atoms with E-state index in [1.807, 2.05) is 39.0 Å². The first kappa shape index (κ1) is 18.2. The van der Waals surface area contributed by atoms with E-state index < -0.39 is 5.69 Å². The van der Waals surface area contributed by atoms with Gasteiger partial charge in [-0.15, -0.1) is 0 Å². The third-order valence-electron chi connectivity index (χ3n) is 4.60. The molecule has 1 aromatic carbocycles. The number of hydrogen-bond acceptors (Lipinski definition) is 4. The molecule has 0 unspecified atom stereocenters. The minimum absolute atomic E-state index is 0.156. The molecule has 1 atom stereocenters. The molecule has 6 nitrogen and oxygen atoms in total. The van der Waals surface area contributed by atoms with Gasteiger partial charge >= 0.3 is 5.69 Å². The van der Waals surface area contributed by atoms with E-state index >= 15 is 0 Å².